The van der Waals surface area contributed by atoms with E-state index in [0.29, 0.717) is 16.4 Å². The molecule has 0 aliphatic heterocycles. The van der Waals surface area contributed by atoms with Gasteiger partial charge in [-0.15, -0.1) is 0 Å². The van der Waals surface area contributed by atoms with Gasteiger partial charge in [-0.05, 0) is 51.0 Å². The number of rotatable bonds is 4. The number of hydrogen-bond acceptors (Lipinski definition) is 4. The lowest BCUT2D eigenvalue weighted by Crippen LogP contribution is -2.57. The van der Waals surface area contributed by atoms with E-state index in [-0.39, 0.29) is 29.5 Å². The van der Waals surface area contributed by atoms with E-state index < -0.39 is 0 Å². The lowest BCUT2D eigenvalue weighted by molar-refractivity contribution is -0.0949. The van der Waals surface area contributed by atoms with Gasteiger partial charge in [0.15, 0.2) is 0 Å². The van der Waals surface area contributed by atoms with Gasteiger partial charge in [0.1, 0.15) is 5.15 Å². The Morgan fingerprint density at radius 2 is 2.09 bits per heavy atom. The average Bonchev–Trinajstić information content (AvgIpc) is 2.33. The molecule has 5 nitrogen and oxygen atoms in total. The molecular weight excluding hydrogens is 302 g/mol. The summed E-state index contributed by atoms with van der Waals surface area (Å²) in [7, 11) is 0. The molecule has 1 amide bonds. The molecule has 120 valence electrons. The van der Waals surface area contributed by atoms with Crippen molar-refractivity contribution in [1.82, 2.24) is 10.3 Å². The minimum absolute atomic E-state index is 0.118. The smallest absolute Gasteiger partial charge is 0.255 e. The number of aromatic nitrogens is 1. The molecule has 1 heterocycles. The number of amides is 1. The first-order valence-electron chi connectivity index (χ1n) is 7.78. The van der Waals surface area contributed by atoms with Gasteiger partial charge in [0, 0.05) is 18.3 Å². The van der Waals surface area contributed by atoms with Gasteiger partial charge in [-0.1, -0.05) is 11.6 Å². The Balaban J connectivity index is 1.63. The number of carbonyl (C=O) groups is 1. The third-order valence-corrected chi connectivity index (χ3v) is 4.80. The van der Waals surface area contributed by atoms with Crippen molar-refractivity contribution in [1.29, 1.82) is 0 Å². The molecule has 22 heavy (non-hydrogen) atoms. The molecule has 2 saturated carbocycles. The van der Waals surface area contributed by atoms with Gasteiger partial charge in [0.2, 0.25) is 0 Å². The summed E-state index contributed by atoms with van der Waals surface area (Å²) in [6.45, 7) is 4.02. The third kappa shape index (κ3) is 3.06. The Kier molecular flexibility index (Phi) is 4.03. The number of nitrogens with zero attached hydrogens (tertiary/aromatic N) is 1. The first kappa shape index (κ1) is 15.6. The number of halogens is 1. The van der Waals surface area contributed by atoms with Crippen molar-refractivity contribution in [2.24, 2.45) is 5.41 Å². The number of pyridine rings is 1. The Morgan fingerprint density at radius 1 is 1.41 bits per heavy atom. The second kappa shape index (κ2) is 5.70. The first-order valence-corrected chi connectivity index (χ1v) is 8.16. The van der Waals surface area contributed by atoms with Crippen LogP contribution in [-0.2, 0) is 0 Å². The maximum absolute atomic E-state index is 12.5. The van der Waals surface area contributed by atoms with Crippen LogP contribution in [0.4, 0.5) is 5.69 Å². The number of aliphatic hydroxyl groups excluding tert-OH is 1. The normalized spacial score (nSPS) is 29.9. The molecule has 0 atom stereocenters. The van der Waals surface area contributed by atoms with E-state index in [0.717, 1.165) is 25.7 Å². The van der Waals surface area contributed by atoms with E-state index in [1.807, 2.05) is 13.8 Å². The summed E-state index contributed by atoms with van der Waals surface area (Å²) in [6, 6.07) is 2.08. The molecule has 3 N–H and O–H groups in total. The highest BCUT2D eigenvalue weighted by molar-refractivity contribution is 6.29. The zero-order chi connectivity index (χ0) is 15.9. The summed E-state index contributed by atoms with van der Waals surface area (Å²) < 4.78 is 0. The summed E-state index contributed by atoms with van der Waals surface area (Å²) in [4.78, 5) is 16.5. The first-order chi connectivity index (χ1) is 10.4. The molecule has 2 aliphatic carbocycles. The van der Waals surface area contributed by atoms with E-state index in [4.69, 9.17) is 11.6 Å². The van der Waals surface area contributed by atoms with E-state index in [1.54, 1.807) is 6.07 Å². The number of hydrogen-bond donors (Lipinski definition) is 3. The zero-order valence-electron chi connectivity index (χ0n) is 12.9. The maximum atomic E-state index is 12.5. The molecule has 1 spiro atoms. The monoisotopic (exact) mass is 323 g/mol. The van der Waals surface area contributed by atoms with Crippen LogP contribution in [0.2, 0.25) is 5.15 Å². The van der Waals surface area contributed by atoms with E-state index in [1.165, 1.54) is 6.20 Å². The van der Waals surface area contributed by atoms with Crippen LogP contribution in [-0.4, -0.2) is 34.2 Å². The average molecular weight is 324 g/mol. The van der Waals surface area contributed by atoms with Crippen LogP contribution < -0.4 is 10.6 Å². The van der Waals surface area contributed by atoms with Crippen LogP contribution in [0.1, 0.15) is 49.9 Å². The molecule has 0 aromatic carbocycles. The summed E-state index contributed by atoms with van der Waals surface area (Å²) in [5.74, 6) is -0.118. The largest absolute Gasteiger partial charge is 0.393 e. The van der Waals surface area contributed by atoms with E-state index in [2.05, 4.69) is 15.6 Å². The molecule has 0 bridgehead atoms. The van der Waals surface area contributed by atoms with Crippen molar-refractivity contribution in [2.45, 2.75) is 57.7 Å². The standard InChI is InChI=1S/C16H22ClN3O2/c1-9(2)19-13-3-14(17)18-8-12(13)15(22)20-10-4-16(5-10)6-11(21)7-16/h3,8-11,21H,4-7H2,1-2H3,(H,18,19)(H,20,22). The highest BCUT2D eigenvalue weighted by Crippen LogP contribution is 2.55. The Hall–Kier alpha value is -1.33. The summed E-state index contributed by atoms with van der Waals surface area (Å²) in [5.41, 5.74) is 1.52. The maximum Gasteiger partial charge on any atom is 0.255 e. The zero-order valence-corrected chi connectivity index (χ0v) is 13.7. The van der Waals surface area contributed by atoms with Crippen molar-refractivity contribution in [3.63, 3.8) is 0 Å². The van der Waals surface area contributed by atoms with Gasteiger partial charge in [-0.3, -0.25) is 4.79 Å². The number of anilines is 1. The Bertz CT molecular complexity index is 577. The van der Waals surface area contributed by atoms with Crippen molar-refractivity contribution < 1.29 is 9.90 Å². The van der Waals surface area contributed by atoms with Crippen LogP contribution in [0, 0.1) is 5.41 Å². The predicted octanol–water partition coefficient (Wildman–Crippen LogP) is 2.59. The van der Waals surface area contributed by atoms with Crippen molar-refractivity contribution in [3.8, 4) is 0 Å². The van der Waals surface area contributed by atoms with Gasteiger partial charge in [0.05, 0.1) is 17.4 Å². The van der Waals surface area contributed by atoms with Gasteiger partial charge in [-0.2, -0.15) is 0 Å². The third-order valence-electron chi connectivity index (χ3n) is 4.59. The fourth-order valence-electron chi connectivity index (χ4n) is 3.67. The minimum atomic E-state index is -0.140. The van der Waals surface area contributed by atoms with Crippen molar-refractivity contribution >= 4 is 23.2 Å². The van der Waals surface area contributed by atoms with Crippen molar-refractivity contribution in [2.75, 3.05) is 5.32 Å². The topological polar surface area (TPSA) is 74.2 Å². The molecule has 1 aromatic heterocycles. The second-order valence-electron chi connectivity index (χ2n) is 6.99. The van der Waals surface area contributed by atoms with E-state index >= 15 is 0 Å². The highest BCUT2D eigenvalue weighted by Gasteiger charge is 2.52. The molecule has 1 aromatic rings. The van der Waals surface area contributed by atoms with Gasteiger partial charge in [-0.25, -0.2) is 4.98 Å². The molecule has 3 rings (SSSR count). The fraction of sp³-hybridized carbons (Fsp3) is 0.625. The summed E-state index contributed by atoms with van der Waals surface area (Å²) >= 11 is 5.92. The van der Waals surface area contributed by atoms with Crippen LogP contribution in [0.5, 0.6) is 0 Å². The Labute approximate surface area is 135 Å². The molecular formula is C16H22ClN3O2. The molecule has 0 unspecified atom stereocenters. The Morgan fingerprint density at radius 3 is 2.68 bits per heavy atom. The van der Waals surface area contributed by atoms with Gasteiger partial charge >= 0.3 is 0 Å². The number of aliphatic hydroxyl groups is 1. The van der Waals surface area contributed by atoms with E-state index in [9.17, 15) is 9.90 Å². The highest BCUT2D eigenvalue weighted by atomic mass is 35.5. The predicted molar refractivity (Wildman–Crippen MR) is 86.2 cm³/mol. The lowest BCUT2D eigenvalue weighted by atomic mass is 9.53. The quantitative estimate of drug-likeness (QED) is 0.745. The van der Waals surface area contributed by atoms with Crippen molar-refractivity contribution in [3.05, 3.63) is 23.0 Å². The van der Waals surface area contributed by atoms with Gasteiger partial charge < -0.3 is 15.7 Å². The van der Waals surface area contributed by atoms with Crippen LogP contribution in [0.3, 0.4) is 0 Å². The van der Waals surface area contributed by atoms with Crippen LogP contribution in [0.25, 0.3) is 0 Å². The molecule has 2 aliphatic rings. The minimum Gasteiger partial charge on any atom is -0.393 e. The van der Waals surface area contributed by atoms with Crippen LogP contribution in [0.15, 0.2) is 12.3 Å². The molecule has 2 fully saturated rings. The SMILES string of the molecule is CC(C)Nc1cc(Cl)ncc1C(=O)NC1CC2(CC(O)C2)C1. The summed E-state index contributed by atoms with van der Waals surface area (Å²) in [6.07, 6.45) is 5.06. The molecule has 0 saturated heterocycles. The summed E-state index contributed by atoms with van der Waals surface area (Å²) in [5, 5.41) is 16.1. The molecule has 6 heteroatoms. The molecule has 0 radical (unpaired) electrons. The fourth-order valence-corrected chi connectivity index (χ4v) is 3.82. The van der Waals surface area contributed by atoms with Gasteiger partial charge in [0.25, 0.3) is 5.91 Å². The number of carbonyl (C=O) groups excluding carboxylic acids is 1. The number of nitrogens with one attached hydrogen (secondary N) is 2. The second-order valence-corrected chi connectivity index (χ2v) is 7.38. The van der Waals surface area contributed by atoms with Crippen LogP contribution >= 0.6 is 11.6 Å². The lowest BCUT2D eigenvalue weighted by Gasteiger charge is -2.56.